The summed E-state index contributed by atoms with van der Waals surface area (Å²) in [6, 6.07) is 6.12. The van der Waals surface area contributed by atoms with Crippen LogP contribution in [0.5, 0.6) is 0 Å². The number of halogens is 4. The molecule has 13 heavy (non-hydrogen) atoms. The lowest BCUT2D eigenvalue weighted by molar-refractivity contribution is -0.0696. The maximum atomic E-state index is 11.7. The zero-order valence-corrected chi connectivity index (χ0v) is 7.08. The van der Waals surface area contributed by atoms with Gasteiger partial charge in [-0.1, -0.05) is 29.7 Å². The summed E-state index contributed by atoms with van der Waals surface area (Å²) in [7, 11) is 0. The molecule has 0 aliphatic carbocycles. The van der Waals surface area contributed by atoms with E-state index in [1.54, 1.807) is 12.1 Å². The van der Waals surface area contributed by atoms with E-state index in [2.05, 4.69) is 0 Å². The summed E-state index contributed by atoms with van der Waals surface area (Å²) in [5, 5.41) is 0.222. The molecule has 0 aliphatic heterocycles. The van der Waals surface area contributed by atoms with Crippen LogP contribution >= 0.6 is 11.6 Å². The molecule has 0 saturated heterocycles. The van der Waals surface area contributed by atoms with Gasteiger partial charge in [0.1, 0.15) is 0 Å². The molecule has 0 radical (unpaired) electrons. The molecule has 1 aromatic carbocycles. The van der Waals surface area contributed by atoms with Gasteiger partial charge in [-0.2, -0.15) is 13.2 Å². The van der Waals surface area contributed by atoms with Gasteiger partial charge in [0.05, 0.1) is 5.02 Å². The molecular formula is C9H4ClF3. The number of benzene rings is 1. The Morgan fingerprint density at radius 1 is 1.15 bits per heavy atom. The fraction of sp³-hybridized carbons (Fsp3) is 0.111. The molecule has 0 heterocycles. The van der Waals surface area contributed by atoms with Crippen molar-refractivity contribution in [1.29, 1.82) is 0 Å². The Kier molecular flexibility index (Phi) is 2.84. The van der Waals surface area contributed by atoms with Crippen LogP contribution in [0.2, 0.25) is 5.02 Å². The third kappa shape index (κ3) is 3.39. The average Bonchev–Trinajstić information content (AvgIpc) is 2.01. The SMILES string of the molecule is FC(F)(F)C#Cc1ccccc1Cl. The Labute approximate surface area is 78.3 Å². The highest BCUT2D eigenvalue weighted by Gasteiger charge is 2.22. The summed E-state index contributed by atoms with van der Waals surface area (Å²) in [6.07, 6.45) is -4.47. The predicted molar refractivity (Wildman–Crippen MR) is 44.4 cm³/mol. The molecule has 0 bridgehead atoms. The third-order valence-electron chi connectivity index (χ3n) is 1.21. The summed E-state index contributed by atoms with van der Waals surface area (Å²) < 4.78 is 35.0. The molecule has 0 aromatic heterocycles. The Balaban J connectivity index is 2.97. The van der Waals surface area contributed by atoms with Crippen molar-refractivity contribution in [2.24, 2.45) is 0 Å². The fourth-order valence-corrected chi connectivity index (χ4v) is 0.884. The highest BCUT2D eigenvalue weighted by Crippen LogP contribution is 2.16. The molecule has 0 N–H and O–H groups in total. The van der Waals surface area contributed by atoms with Gasteiger partial charge in [-0.3, -0.25) is 0 Å². The van der Waals surface area contributed by atoms with Crippen molar-refractivity contribution in [3.8, 4) is 11.8 Å². The monoisotopic (exact) mass is 204 g/mol. The molecule has 0 spiro atoms. The van der Waals surface area contributed by atoms with Gasteiger partial charge in [0.15, 0.2) is 0 Å². The van der Waals surface area contributed by atoms with Crippen LogP contribution in [0.1, 0.15) is 5.56 Å². The second-order valence-electron chi connectivity index (χ2n) is 2.23. The number of alkyl halides is 3. The number of rotatable bonds is 0. The van der Waals surface area contributed by atoms with E-state index >= 15 is 0 Å². The van der Waals surface area contributed by atoms with Crippen LogP contribution < -0.4 is 0 Å². The summed E-state index contributed by atoms with van der Waals surface area (Å²) in [5.74, 6) is 3.09. The molecule has 1 aromatic rings. The Morgan fingerprint density at radius 2 is 1.77 bits per heavy atom. The quantitative estimate of drug-likeness (QED) is 0.569. The van der Waals surface area contributed by atoms with Crippen LogP contribution in [0, 0.1) is 11.8 Å². The maximum absolute atomic E-state index is 11.7. The molecule has 0 nitrogen and oxygen atoms in total. The van der Waals surface area contributed by atoms with Crippen LogP contribution in [0.3, 0.4) is 0 Å². The molecule has 0 amide bonds. The molecule has 0 atom stereocenters. The highest BCUT2D eigenvalue weighted by atomic mass is 35.5. The van der Waals surface area contributed by atoms with Gasteiger partial charge in [-0.25, -0.2) is 0 Å². The van der Waals surface area contributed by atoms with E-state index in [0.29, 0.717) is 0 Å². The minimum absolute atomic E-state index is 0.182. The normalized spacial score (nSPS) is 10.5. The lowest BCUT2D eigenvalue weighted by Gasteiger charge is -1.94. The van der Waals surface area contributed by atoms with Gasteiger partial charge in [-0.15, -0.1) is 0 Å². The van der Waals surface area contributed by atoms with Crippen molar-refractivity contribution in [3.63, 3.8) is 0 Å². The van der Waals surface area contributed by atoms with Crippen LogP contribution in [0.4, 0.5) is 13.2 Å². The van der Waals surface area contributed by atoms with Gasteiger partial charge >= 0.3 is 6.18 Å². The summed E-state index contributed by atoms with van der Waals surface area (Å²) in [5.41, 5.74) is 0.182. The van der Waals surface area contributed by atoms with Crippen molar-refractivity contribution in [2.45, 2.75) is 6.18 Å². The number of hydrogen-bond donors (Lipinski definition) is 0. The second kappa shape index (κ2) is 3.71. The molecule has 0 aliphatic rings. The van der Waals surface area contributed by atoms with Crippen LogP contribution in [0.25, 0.3) is 0 Å². The topological polar surface area (TPSA) is 0 Å². The number of hydrogen-bond acceptors (Lipinski definition) is 0. The molecule has 1 rings (SSSR count). The second-order valence-corrected chi connectivity index (χ2v) is 2.63. The Morgan fingerprint density at radius 3 is 2.31 bits per heavy atom. The summed E-state index contributed by atoms with van der Waals surface area (Å²) >= 11 is 5.58. The Hall–Kier alpha value is -1.14. The van der Waals surface area contributed by atoms with Crippen molar-refractivity contribution >= 4 is 11.6 Å². The average molecular weight is 205 g/mol. The van der Waals surface area contributed by atoms with Crippen LogP contribution in [-0.2, 0) is 0 Å². The van der Waals surface area contributed by atoms with Gasteiger partial charge in [-0.05, 0) is 12.1 Å². The van der Waals surface area contributed by atoms with Gasteiger partial charge in [0, 0.05) is 11.5 Å². The first-order valence-corrected chi connectivity index (χ1v) is 3.71. The lowest BCUT2D eigenvalue weighted by Crippen LogP contribution is -2.01. The van der Waals surface area contributed by atoms with E-state index < -0.39 is 6.18 Å². The molecule has 0 saturated carbocycles. The Bertz CT molecular complexity index is 357. The molecule has 4 heteroatoms. The smallest absolute Gasteiger partial charge is 0.159 e. The zero-order chi connectivity index (χ0) is 9.90. The first-order valence-electron chi connectivity index (χ1n) is 3.33. The van der Waals surface area contributed by atoms with Gasteiger partial charge in [0.25, 0.3) is 0 Å². The zero-order valence-electron chi connectivity index (χ0n) is 6.32. The van der Waals surface area contributed by atoms with Gasteiger partial charge in [0.2, 0.25) is 0 Å². The first kappa shape index (κ1) is 9.94. The van der Waals surface area contributed by atoms with E-state index in [9.17, 15) is 13.2 Å². The predicted octanol–water partition coefficient (Wildman–Crippen LogP) is 3.25. The molecular weight excluding hydrogens is 201 g/mol. The molecule has 68 valence electrons. The van der Waals surface area contributed by atoms with Crippen molar-refractivity contribution in [2.75, 3.05) is 0 Å². The standard InChI is InChI=1S/C9H4ClF3/c10-8-4-2-1-3-7(8)5-6-9(11,12)13/h1-4H. The molecule has 0 unspecified atom stereocenters. The molecule has 0 fully saturated rings. The summed E-state index contributed by atoms with van der Waals surface area (Å²) in [6.45, 7) is 0. The van der Waals surface area contributed by atoms with Crippen molar-refractivity contribution in [1.82, 2.24) is 0 Å². The fourth-order valence-electron chi connectivity index (χ4n) is 0.701. The lowest BCUT2D eigenvalue weighted by atomic mass is 10.2. The first-order chi connectivity index (χ1) is 5.99. The third-order valence-corrected chi connectivity index (χ3v) is 1.54. The van der Waals surface area contributed by atoms with E-state index in [-0.39, 0.29) is 10.6 Å². The minimum atomic E-state index is -4.47. The van der Waals surface area contributed by atoms with E-state index in [1.165, 1.54) is 12.1 Å². The van der Waals surface area contributed by atoms with E-state index in [1.807, 2.05) is 5.92 Å². The largest absolute Gasteiger partial charge is 0.458 e. The maximum Gasteiger partial charge on any atom is 0.458 e. The highest BCUT2D eigenvalue weighted by molar-refractivity contribution is 6.31. The van der Waals surface area contributed by atoms with Crippen molar-refractivity contribution in [3.05, 3.63) is 34.9 Å². The minimum Gasteiger partial charge on any atom is -0.159 e. The van der Waals surface area contributed by atoms with E-state index in [4.69, 9.17) is 11.6 Å². The van der Waals surface area contributed by atoms with Crippen molar-refractivity contribution < 1.29 is 13.2 Å². The van der Waals surface area contributed by atoms with E-state index in [0.717, 1.165) is 5.92 Å². The van der Waals surface area contributed by atoms with Crippen LogP contribution in [0.15, 0.2) is 24.3 Å². The summed E-state index contributed by atoms with van der Waals surface area (Å²) in [4.78, 5) is 0. The van der Waals surface area contributed by atoms with Gasteiger partial charge < -0.3 is 0 Å². The van der Waals surface area contributed by atoms with Crippen LogP contribution in [-0.4, -0.2) is 6.18 Å².